The summed E-state index contributed by atoms with van der Waals surface area (Å²) in [6.45, 7) is 4.30. The highest BCUT2D eigenvalue weighted by molar-refractivity contribution is 6.39. The summed E-state index contributed by atoms with van der Waals surface area (Å²) in [7, 11) is 0. The van der Waals surface area contributed by atoms with Crippen molar-refractivity contribution in [2.24, 2.45) is 17.8 Å². The predicted molar refractivity (Wildman–Crippen MR) is 138 cm³/mol. The Bertz CT molecular complexity index is 1030. The molecule has 1 aromatic carbocycles. The molecule has 192 valence electrons. The molecule has 0 bridgehead atoms. The number of fused-ring (bicyclic) bond motifs is 1. The van der Waals surface area contributed by atoms with Crippen LogP contribution in [0.1, 0.15) is 61.0 Å². The molecule has 2 fully saturated rings. The van der Waals surface area contributed by atoms with Crippen molar-refractivity contribution < 1.29 is 19.4 Å². The van der Waals surface area contributed by atoms with Crippen LogP contribution in [0.25, 0.3) is 10.9 Å². The number of aliphatic carboxylic acids is 1. The Hall–Kier alpha value is -1.80. The third-order valence-corrected chi connectivity index (χ3v) is 8.04. The maximum absolute atomic E-state index is 13.1. The Kier molecular flexibility index (Phi) is 9.34. The Morgan fingerprint density at radius 2 is 1.63 bits per heavy atom. The number of ether oxygens (including phenoxy) is 1. The average Bonchev–Trinajstić information content (AvgIpc) is 3.21. The van der Waals surface area contributed by atoms with Crippen LogP contribution in [-0.4, -0.2) is 54.8 Å². The Morgan fingerprint density at radius 3 is 2.26 bits per heavy atom. The van der Waals surface area contributed by atoms with Gasteiger partial charge in [-0.2, -0.15) is 0 Å². The number of carboxylic acid groups (broad SMARTS) is 1. The molecule has 0 aliphatic carbocycles. The van der Waals surface area contributed by atoms with Gasteiger partial charge in [0.1, 0.15) is 5.69 Å². The fourth-order valence-electron chi connectivity index (χ4n) is 5.42. The summed E-state index contributed by atoms with van der Waals surface area (Å²) in [5.41, 5.74) is 1.50. The lowest BCUT2D eigenvalue weighted by Gasteiger charge is -2.24. The molecule has 2 aromatic rings. The number of carbonyl (C=O) groups excluding carboxylic acids is 1. The molecule has 3 heterocycles. The Balaban J connectivity index is 1.52. The van der Waals surface area contributed by atoms with E-state index in [1.807, 2.05) is 0 Å². The highest BCUT2D eigenvalue weighted by Crippen LogP contribution is 2.35. The van der Waals surface area contributed by atoms with E-state index in [-0.39, 0.29) is 12.1 Å². The van der Waals surface area contributed by atoms with E-state index >= 15 is 0 Å². The van der Waals surface area contributed by atoms with Crippen molar-refractivity contribution in [2.45, 2.75) is 51.4 Å². The Morgan fingerprint density at radius 1 is 1.00 bits per heavy atom. The normalized spacial score (nSPS) is 18.6. The molecule has 35 heavy (non-hydrogen) atoms. The summed E-state index contributed by atoms with van der Waals surface area (Å²) in [4.78, 5) is 28.5. The van der Waals surface area contributed by atoms with E-state index in [0.29, 0.717) is 51.4 Å². The number of esters is 1. The van der Waals surface area contributed by atoms with Crippen molar-refractivity contribution >= 4 is 46.0 Å². The lowest BCUT2D eigenvalue weighted by molar-refractivity contribution is -0.142. The minimum absolute atomic E-state index is 0.209. The summed E-state index contributed by atoms with van der Waals surface area (Å²) in [5, 5.41) is 18.2. The zero-order valence-corrected chi connectivity index (χ0v) is 21.5. The summed E-state index contributed by atoms with van der Waals surface area (Å²) in [6, 6.07) is 3.34. The number of hydrogen-bond acceptors (Lipinski definition) is 5. The number of halogens is 2. The van der Waals surface area contributed by atoms with Gasteiger partial charge in [-0.05, 0) is 107 Å². The van der Waals surface area contributed by atoms with Crippen molar-refractivity contribution in [1.29, 1.82) is 0 Å². The van der Waals surface area contributed by atoms with Gasteiger partial charge in [0.05, 0.1) is 17.5 Å². The number of carbonyl (C=O) groups is 2. The monoisotopic (exact) mass is 523 g/mol. The number of nitrogens with one attached hydrogen (secondary N) is 3. The first-order chi connectivity index (χ1) is 16.9. The van der Waals surface area contributed by atoms with E-state index < -0.39 is 17.9 Å². The van der Waals surface area contributed by atoms with Crippen molar-refractivity contribution in [3.63, 3.8) is 0 Å². The van der Waals surface area contributed by atoms with Gasteiger partial charge in [-0.3, -0.25) is 4.79 Å². The number of piperidine rings is 2. The van der Waals surface area contributed by atoms with E-state index in [1.54, 1.807) is 12.1 Å². The molecule has 1 atom stereocenters. The fraction of sp³-hybridized carbons (Fsp3) is 0.615. The molecular formula is C26H35Cl2N3O4. The first-order valence-corrected chi connectivity index (χ1v) is 13.5. The molecular weight excluding hydrogens is 489 g/mol. The van der Waals surface area contributed by atoms with Crippen molar-refractivity contribution in [1.82, 2.24) is 15.6 Å². The average molecular weight is 524 g/mol. The van der Waals surface area contributed by atoms with Gasteiger partial charge in [-0.1, -0.05) is 23.2 Å². The molecule has 4 N–H and O–H groups in total. The number of rotatable bonds is 10. The number of carboxylic acids is 1. The highest BCUT2D eigenvalue weighted by Gasteiger charge is 2.28. The summed E-state index contributed by atoms with van der Waals surface area (Å²) in [5.74, 6) is -0.867. The molecule has 2 saturated heterocycles. The van der Waals surface area contributed by atoms with Crippen LogP contribution in [0.3, 0.4) is 0 Å². The summed E-state index contributed by atoms with van der Waals surface area (Å²) >= 11 is 12.7. The van der Waals surface area contributed by atoms with Crippen molar-refractivity contribution in [3.05, 3.63) is 33.4 Å². The second kappa shape index (κ2) is 12.4. The minimum Gasteiger partial charge on any atom is -0.481 e. The van der Waals surface area contributed by atoms with Crippen LogP contribution in [0.4, 0.5) is 0 Å². The zero-order valence-electron chi connectivity index (χ0n) is 20.0. The maximum Gasteiger partial charge on any atom is 0.355 e. The highest BCUT2D eigenvalue weighted by atomic mass is 35.5. The molecule has 2 aliphatic rings. The lowest BCUT2D eigenvalue weighted by Crippen LogP contribution is -2.28. The molecule has 1 aromatic heterocycles. The topological polar surface area (TPSA) is 103 Å². The van der Waals surface area contributed by atoms with E-state index in [1.165, 1.54) is 0 Å². The van der Waals surface area contributed by atoms with Gasteiger partial charge in [-0.15, -0.1) is 0 Å². The molecule has 9 heteroatoms. The second-order valence-corrected chi connectivity index (χ2v) is 10.8. The SMILES string of the molecule is O=C(OCCC1CCNCC1)c1[nH]c2cc(Cl)cc(Cl)c2c1CC(CCC1CCNCC1)C(=O)O. The molecule has 7 nitrogen and oxygen atoms in total. The third kappa shape index (κ3) is 6.91. The number of aromatic amines is 1. The van der Waals surface area contributed by atoms with Crippen LogP contribution in [0.2, 0.25) is 10.0 Å². The van der Waals surface area contributed by atoms with Gasteiger partial charge in [-0.25, -0.2) is 4.79 Å². The molecule has 2 aliphatic heterocycles. The van der Waals surface area contributed by atoms with Crippen LogP contribution in [0, 0.1) is 17.8 Å². The molecule has 0 amide bonds. The number of benzene rings is 1. The second-order valence-electron chi connectivity index (χ2n) is 9.92. The van der Waals surface area contributed by atoms with Gasteiger partial charge < -0.3 is 25.5 Å². The van der Waals surface area contributed by atoms with Crippen LogP contribution < -0.4 is 10.6 Å². The van der Waals surface area contributed by atoms with Gasteiger partial charge in [0, 0.05) is 15.9 Å². The number of aromatic nitrogens is 1. The molecule has 0 saturated carbocycles. The largest absolute Gasteiger partial charge is 0.481 e. The number of hydrogen-bond donors (Lipinski definition) is 4. The van der Waals surface area contributed by atoms with Crippen LogP contribution in [0.5, 0.6) is 0 Å². The Labute approximate surface area is 216 Å². The molecule has 1 unspecified atom stereocenters. The van der Waals surface area contributed by atoms with Crippen LogP contribution in [-0.2, 0) is 16.0 Å². The molecule has 0 radical (unpaired) electrons. The zero-order chi connectivity index (χ0) is 24.8. The van der Waals surface area contributed by atoms with Gasteiger partial charge in [0.15, 0.2) is 0 Å². The predicted octanol–water partition coefficient (Wildman–Crippen LogP) is 5.04. The van der Waals surface area contributed by atoms with E-state index in [9.17, 15) is 14.7 Å². The van der Waals surface area contributed by atoms with Crippen molar-refractivity contribution in [2.75, 3.05) is 32.8 Å². The van der Waals surface area contributed by atoms with E-state index in [0.717, 1.165) is 64.7 Å². The fourth-order valence-corrected chi connectivity index (χ4v) is 6.03. The maximum atomic E-state index is 13.1. The summed E-state index contributed by atoms with van der Waals surface area (Å²) in [6.07, 6.45) is 6.75. The van der Waals surface area contributed by atoms with E-state index in [4.69, 9.17) is 27.9 Å². The lowest BCUT2D eigenvalue weighted by atomic mass is 9.86. The van der Waals surface area contributed by atoms with Crippen LogP contribution in [0.15, 0.2) is 12.1 Å². The third-order valence-electron chi connectivity index (χ3n) is 7.52. The molecule has 0 spiro atoms. The van der Waals surface area contributed by atoms with E-state index in [2.05, 4.69) is 15.6 Å². The summed E-state index contributed by atoms with van der Waals surface area (Å²) < 4.78 is 5.65. The quantitative estimate of drug-likeness (QED) is 0.325. The molecule has 4 rings (SSSR count). The van der Waals surface area contributed by atoms with Crippen molar-refractivity contribution in [3.8, 4) is 0 Å². The first-order valence-electron chi connectivity index (χ1n) is 12.7. The minimum atomic E-state index is -0.858. The smallest absolute Gasteiger partial charge is 0.355 e. The standard InChI is InChI=1S/C26H35Cl2N3O4/c27-19-14-21(28)23-20(13-18(25(32)33)2-1-16-3-8-29-9-4-16)24(31-22(23)15-19)26(34)35-12-7-17-5-10-30-11-6-17/h14-18,29-31H,1-13H2,(H,32,33). The van der Waals surface area contributed by atoms with Crippen LogP contribution >= 0.6 is 23.2 Å². The first kappa shape index (κ1) is 26.3. The van der Waals surface area contributed by atoms with Gasteiger partial charge in [0.25, 0.3) is 0 Å². The van der Waals surface area contributed by atoms with Gasteiger partial charge in [0.2, 0.25) is 0 Å². The number of H-pyrrole nitrogens is 1. The van der Waals surface area contributed by atoms with Gasteiger partial charge >= 0.3 is 11.9 Å².